The van der Waals surface area contributed by atoms with Crippen molar-refractivity contribution in [2.24, 2.45) is 0 Å². The summed E-state index contributed by atoms with van der Waals surface area (Å²) in [5, 5.41) is 3.03. The first kappa shape index (κ1) is 27.3. The number of carbonyl (C=O) groups excluding carboxylic acids is 1. The number of benzene rings is 2. The molecule has 2 heterocycles. The Kier molecular flexibility index (Phi) is 9.84. The summed E-state index contributed by atoms with van der Waals surface area (Å²) in [4.78, 5) is 32.9. The number of carbonyl (C=O) groups is 1. The molecule has 38 heavy (non-hydrogen) atoms. The zero-order valence-electron chi connectivity index (χ0n) is 22.7. The van der Waals surface area contributed by atoms with Gasteiger partial charge in [-0.1, -0.05) is 38.1 Å². The Hall–Kier alpha value is -3.75. The predicted molar refractivity (Wildman–Crippen MR) is 152 cm³/mol. The first-order chi connectivity index (χ1) is 18.6. The van der Waals surface area contributed by atoms with Crippen LogP contribution in [0.3, 0.4) is 0 Å². The molecule has 0 aliphatic carbocycles. The van der Waals surface area contributed by atoms with Gasteiger partial charge >= 0.3 is 0 Å². The molecular formula is C30H39N7O. The Morgan fingerprint density at radius 3 is 2.08 bits per heavy atom. The average molecular weight is 514 g/mol. The first-order valence-electron chi connectivity index (χ1n) is 13.5. The lowest BCUT2D eigenvalue weighted by Gasteiger charge is -2.27. The van der Waals surface area contributed by atoms with Crippen LogP contribution >= 0.6 is 0 Å². The maximum atomic E-state index is 12.9. The van der Waals surface area contributed by atoms with Crippen LogP contribution in [0.5, 0.6) is 0 Å². The molecule has 1 amide bonds. The van der Waals surface area contributed by atoms with Gasteiger partial charge in [-0.05, 0) is 68.2 Å². The largest absolute Gasteiger partial charge is 0.348 e. The van der Waals surface area contributed by atoms with E-state index in [1.807, 2.05) is 48.8 Å². The van der Waals surface area contributed by atoms with E-state index in [-0.39, 0.29) is 11.9 Å². The van der Waals surface area contributed by atoms with E-state index in [1.54, 1.807) is 12.4 Å². The molecule has 0 bridgehead atoms. The molecule has 0 spiro atoms. The van der Waals surface area contributed by atoms with Gasteiger partial charge in [-0.15, -0.1) is 0 Å². The van der Waals surface area contributed by atoms with Crippen molar-refractivity contribution in [2.45, 2.75) is 59.3 Å². The second-order valence-electron chi connectivity index (χ2n) is 9.72. The highest BCUT2D eigenvalue weighted by Gasteiger charge is 2.20. The monoisotopic (exact) mass is 513 g/mol. The molecule has 8 nitrogen and oxygen atoms in total. The van der Waals surface area contributed by atoms with E-state index in [9.17, 15) is 4.79 Å². The van der Waals surface area contributed by atoms with Gasteiger partial charge in [0.25, 0.3) is 5.91 Å². The number of H-pyrrole nitrogens is 2. The number of imidazole rings is 2. The van der Waals surface area contributed by atoms with Crippen LogP contribution < -0.4 is 5.32 Å². The third-order valence-corrected chi connectivity index (χ3v) is 6.67. The Morgan fingerprint density at radius 2 is 1.47 bits per heavy atom. The normalized spacial score (nSPS) is 12.2. The van der Waals surface area contributed by atoms with E-state index in [0.29, 0.717) is 18.7 Å². The zero-order chi connectivity index (χ0) is 26.7. The zero-order valence-corrected chi connectivity index (χ0v) is 22.7. The lowest BCUT2D eigenvalue weighted by Crippen LogP contribution is -2.27. The summed E-state index contributed by atoms with van der Waals surface area (Å²) < 4.78 is 0. The van der Waals surface area contributed by atoms with Gasteiger partial charge < -0.3 is 15.3 Å². The second kappa shape index (κ2) is 13.7. The number of aromatic nitrogens is 4. The van der Waals surface area contributed by atoms with Crippen molar-refractivity contribution in [3.05, 3.63) is 102 Å². The molecule has 0 saturated heterocycles. The smallest absolute Gasteiger partial charge is 0.255 e. The average Bonchev–Trinajstić information content (AvgIpc) is 3.65. The van der Waals surface area contributed by atoms with Gasteiger partial charge in [-0.25, -0.2) is 9.97 Å². The van der Waals surface area contributed by atoms with Crippen LogP contribution in [0.1, 0.15) is 72.8 Å². The highest BCUT2D eigenvalue weighted by Crippen LogP contribution is 2.22. The molecule has 0 fully saturated rings. The molecule has 1 unspecified atom stereocenters. The van der Waals surface area contributed by atoms with Crippen molar-refractivity contribution in [3.8, 4) is 0 Å². The van der Waals surface area contributed by atoms with Crippen molar-refractivity contribution in [3.63, 3.8) is 0 Å². The summed E-state index contributed by atoms with van der Waals surface area (Å²) in [5.41, 5.74) is 3.81. The fraction of sp³-hybridized carbons (Fsp3) is 0.367. The van der Waals surface area contributed by atoms with Crippen molar-refractivity contribution in [1.82, 2.24) is 29.7 Å². The van der Waals surface area contributed by atoms with Crippen molar-refractivity contribution < 1.29 is 4.79 Å². The second-order valence-corrected chi connectivity index (χ2v) is 9.72. The van der Waals surface area contributed by atoms with Crippen LogP contribution in [0.4, 0.5) is 5.69 Å². The minimum Gasteiger partial charge on any atom is -0.348 e. The number of nitrogens with zero attached hydrogens (tertiary/aromatic N) is 4. The van der Waals surface area contributed by atoms with Crippen LogP contribution in [0.15, 0.2) is 73.3 Å². The minimum atomic E-state index is -0.112. The number of hydrogen-bond acceptors (Lipinski definition) is 5. The summed E-state index contributed by atoms with van der Waals surface area (Å²) in [6.45, 7) is 11.0. The molecule has 4 aromatic rings. The summed E-state index contributed by atoms with van der Waals surface area (Å²) >= 11 is 0. The highest BCUT2D eigenvalue weighted by molar-refractivity contribution is 6.04. The Labute approximate surface area is 225 Å². The molecule has 0 aliphatic rings. The van der Waals surface area contributed by atoms with Crippen LogP contribution in [0, 0.1) is 0 Å². The molecule has 0 aliphatic heterocycles. The minimum absolute atomic E-state index is 0.0667. The van der Waals surface area contributed by atoms with E-state index in [1.165, 1.54) is 5.56 Å². The lowest BCUT2D eigenvalue weighted by atomic mass is 10.1. The fourth-order valence-electron chi connectivity index (χ4n) is 4.64. The third-order valence-electron chi connectivity index (χ3n) is 6.67. The van der Waals surface area contributed by atoms with Crippen LogP contribution in [0.25, 0.3) is 0 Å². The third kappa shape index (κ3) is 7.63. The molecule has 3 N–H and O–H groups in total. The SMILES string of the molecule is CCCN(CCC)Cc1ccc(NC(=O)c2ccc(CN(Cc3ncc[nH]3)C(C)c3ncc[nH]3)cc2)cc1. The van der Waals surface area contributed by atoms with Gasteiger partial charge in [0.15, 0.2) is 0 Å². The number of nitrogens with one attached hydrogen (secondary N) is 3. The number of rotatable bonds is 14. The van der Waals surface area contributed by atoms with Crippen LogP contribution in [0.2, 0.25) is 0 Å². The molecule has 0 radical (unpaired) electrons. The predicted octanol–water partition coefficient (Wildman–Crippen LogP) is 5.77. The maximum absolute atomic E-state index is 12.9. The van der Waals surface area contributed by atoms with E-state index in [2.05, 4.69) is 68.0 Å². The van der Waals surface area contributed by atoms with Gasteiger partial charge in [0.1, 0.15) is 11.6 Å². The number of anilines is 1. The summed E-state index contributed by atoms with van der Waals surface area (Å²) in [6.07, 6.45) is 9.51. The van der Waals surface area contributed by atoms with E-state index < -0.39 is 0 Å². The van der Waals surface area contributed by atoms with Crippen molar-refractivity contribution >= 4 is 11.6 Å². The van der Waals surface area contributed by atoms with Gasteiger partial charge in [0.05, 0.1) is 12.6 Å². The maximum Gasteiger partial charge on any atom is 0.255 e. The standard InChI is InChI=1S/C30H39N7O/c1-4-18-36(19-5-2)20-24-8-12-27(13-9-24)35-30(38)26-10-6-25(7-11-26)21-37(22-28-31-14-15-32-28)23(3)29-33-16-17-34-29/h6-17,23H,4-5,18-22H2,1-3H3,(H,31,32)(H,33,34)(H,35,38). The molecule has 200 valence electrons. The quantitative estimate of drug-likeness (QED) is 0.199. The lowest BCUT2D eigenvalue weighted by molar-refractivity contribution is 0.102. The summed E-state index contributed by atoms with van der Waals surface area (Å²) in [6, 6.07) is 16.0. The molecule has 1 atom stereocenters. The summed E-state index contributed by atoms with van der Waals surface area (Å²) in [7, 11) is 0. The molecule has 8 heteroatoms. The van der Waals surface area contributed by atoms with Crippen LogP contribution in [-0.4, -0.2) is 48.7 Å². The summed E-state index contributed by atoms with van der Waals surface area (Å²) in [5.74, 6) is 1.69. The Balaban J connectivity index is 1.36. The molecule has 2 aromatic carbocycles. The number of amides is 1. The first-order valence-corrected chi connectivity index (χ1v) is 13.5. The van der Waals surface area contributed by atoms with E-state index in [0.717, 1.165) is 55.4 Å². The Morgan fingerprint density at radius 1 is 0.842 bits per heavy atom. The van der Waals surface area contributed by atoms with Crippen LogP contribution in [-0.2, 0) is 19.6 Å². The van der Waals surface area contributed by atoms with Gasteiger partial charge in [0, 0.05) is 49.1 Å². The van der Waals surface area contributed by atoms with Gasteiger partial charge in [-0.3, -0.25) is 14.6 Å². The number of hydrogen-bond donors (Lipinski definition) is 3. The Bertz CT molecular complexity index is 1210. The molecule has 4 rings (SSSR count). The van der Waals surface area contributed by atoms with E-state index >= 15 is 0 Å². The topological polar surface area (TPSA) is 92.9 Å². The molecular weight excluding hydrogens is 474 g/mol. The van der Waals surface area contributed by atoms with Gasteiger partial charge in [0.2, 0.25) is 0 Å². The highest BCUT2D eigenvalue weighted by atomic mass is 16.1. The van der Waals surface area contributed by atoms with Gasteiger partial charge in [-0.2, -0.15) is 0 Å². The van der Waals surface area contributed by atoms with E-state index in [4.69, 9.17) is 0 Å². The van der Waals surface area contributed by atoms with Crippen molar-refractivity contribution in [1.29, 1.82) is 0 Å². The van der Waals surface area contributed by atoms with Crippen molar-refractivity contribution in [2.75, 3.05) is 18.4 Å². The number of aromatic amines is 2. The molecule has 2 aromatic heterocycles. The fourth-order valence-corrected chi connectivity index (χ4v) is 4.64. The molecule has 0 saturated carbocycles.